The molecule has 0 saturated heterocycles. The lowest BCUT2D eigenvalue weighted by Gasteiger charge is -2.15. The molecule has 0 saturated carbocycles. The van der Waals surface area contributed by atoms with Crippen molar-refractivity contribution in [3.8, 4) is 5.75 Å². The van der Waals surface area contributed by atoms with Gasteiger partial charge in [0, 0.05) is 11.6 Å². The van der Waals surface area contributed by atoms with Crippen LogP contribution in [0.4, 0.5) is 0 Å². The van der Waals surface area contributed by atoms with Crippen molar-refractivity contribution in [2.24, 2.45) is 0 Å². The Morgan fingerprint density at radius 3 is 2.54 bits per heavy atom. The average Bonchev–Trinajstić information content (AvgIpc) is 3.18. The largest absolute Gasteiger partial charge is 0.493 e. The molecule has 28 heavy (non-hydrogen) atoms. The Morgan fingerprint density at radius 2 is 1.82 bits per heavy atom. The third kappa shape index (κ3) is 6.28. The van der Waals surface area contributed by atoms with E-state index in [-0.39, 0.29) is 5.76 Å². The topological polar surface area (TPSA) is 83.8 Å². The normalized spacial score (nSPS) is 11.0. The van der Waals surface area contributed by atoms with Crippen LogP contribution in [0.25, 0.3) is 6.08 Å². The van der Waals surface area contributed by atoms with Crippen molar-refractivity contribution in [2.45, 2.75) is 27.3 Å². The summed E-state index contributed by atoms with van der Waals surface area (Å²) < 4.78 is 11.0. The second-order valence-electron chi connectivity index (χ2n) is 5.97. The van der Waals surface area contributed by atoms with E-state index in [4.69, 9.17) is 9.15 Å². The fraction of sp³-hybridized carbons (Fsp3) is 0.333. The highest BCUT2D eigenvalue weighted by Crippen LogP contribution is 2.19. The van der Waals surface area contributed by atoms with Crippen LogP contribution in [0.2, 0.25) is 0 Å². The van der Waals surface area contributed by atoms with Crippen molar-refractivity contribution in [1.29, 1.82) is 0 Å². The fourth-order valence-electron chi connectivity index (χ4n) is 2.54. The molecule has 2 rings (SSSR count). The highest BCUT2D eigenvalue weighted by molar-refractivity contribution is 5.96. The van der Waals surface area contributed by atoms with Crippen LogP contribution in [0.1, 0.15) is 42.6 Å². The maximum Gasteiger partial charge on any atom is 0.305 e. The summed E-state index contributed by atoms with van der Waals surface area (Å²) in [5, 5.41) is 0. The monoisotopic (exact) mass is 385 g/mol. The third-order valence-corrected chi connectivity index (χ3v) is 4.09. The summed E-state index contributed by atoms with van der Waals surface area (Å²) >= 11 is 0. The molecule has 0 radical (unpaired) electrons. The molecule has 0 spiro atoms. The van der Waals surface area contributed by atoms with Crippen LogP contribution in [0, 0.1) is 0 Å². The van der Waals surface area contributed by atoms with E-state index in [2.05, 4.69) is 29.6 Å². The predicted molar refractivity (Wildman–Crippen MR) is 108 cm³/mol. The minimum Gasteiger partial charge on any atom is -0.493 e. The molecular formula is C21H27N3O4. The Morgan fingerprint density at radius 1 is 1.07 bits per heavy atom. The van der Waals surface area contributed by atoms with Gasteiger partial charge >= 0.3 is 5.91 Å². The minimum atomic E-state index is -0.512. The molecule has 2 amide bonds. The smallest absolute Gasteiger partial charge is 0.305 e. The zero-order chi connectivity index (χ0) is 20.4. The van der Waals surface area contributed by atoms with Gasteiger partial charge in [0.15, 0.2) is 5.76 Å². The molecule has 0 aliphatic carbocycles. The molecule has 0 fully saturated rings. The number of hydrogen-bond acceptors (Lipinski definition) is 5. The van der Waals surface area contributed by atoms with E-state index in [0.29, 0.717) is 24.7 Å². The van der Waals surface area contributed by atoms with E-state index in [9.17, 15) is 9.59 Å². The molecule has 1 aromatic carbocycles. The summed E-state index contributed by atoms with van der Waals surface area (Å²) in [5.74, 6) is 0.562. The van der Waals surface area contributed by atoms with E-state index in [0.717, 1.165) is 18.7 Å². The van der Waals surface area contributed by atoms with Crippen LogP contribution in [0.15, 0.2) is 46.9 Å². The molecule has 2 N–H and O–H groups in total. The molecule has 0 unspecified atom stereocenters. The van der Waals surface area contributed by atoms with Crippen LogP contribution < -0.4 is 15.6 Å². The van der Waals surface area contributed by atoms with E-state index >= 15 is 0 Å². The second kappa shape index (κ2) is 10.9. The van der Waals surface area contributed by atoms with Gasteiger partial charge in [0.2, 0.25) is 0 Å². The summed E-state index contributed by atoms with van der Waals surface area (Å²) in [6, 6.07) is 10.7. The number of rotatable bonds is 9. The van der Waals surface area contributed by atoms with Gasteiger partial charge in [-0.15, -0.1) is 0 Å². The standard InChI is InChI=1S/C21H27N3O4/c1-4-24(5-2)15-17-12-13-19(28-17)21(26)23-22-20(25)14-11-16-9-7-8-10-18(16)27-6-3/h7-14H,4-6,15H2,1-3H3,(H,22,25)(H,23,26)/b14-11+. The number of hydrazine groups is 1. The quantitative estimate of drug-likeness (QED) is 0.512. The molecule has 1 aromatic heterocycles. The lowest BCUT2D eigenvalue weighted by molar-refractivity contribution is -0.117. The minimum absolute atomic E-state index is 0.146. The van der Waals surface area contributed by atoms with Gasteiger partial charge in [-0.25, -0.2) is 0 Å². The number of hydrogen-bond donors (Lipinski definition) is 2. The van der Waals surface area contributed by atoms with Gasteiger partial charge in [-0.1, -0.05) is 32.0 Å². The fourth-order valence-corrected chi connectivity index (χ4v) is 2.54. The first kappa shape index (κ1) is 21.2. The Kier molecular flexibility index (Phi) is 8.30. The molecule has 7 nitrogen and oxygen atoms in total. The highest BCUT2D eigenvalue weighted by atomic mass is 16.5. The van der Waals surface area contributed by atoms with E-state index < -0.39 is 11.8 Å². The first-order chi connectivity index (χ1) is 13.6. The zero-order valence-corrected chi connectivity index (χ0v) is 16.5. The van der Waals surface area contributed by atoms with Crippen molar-refractivity contribution in [1.82, 2.24) is 15.8 Å². The van der Waals surface area contributed by atoms with Crippen LogP contribution in [-0.2, 0) is 11.3 Å². The number of amides is 2. The summed E-state index contributed by atoms with van der Waals surface area (Å²) in [6.45, 7) is 8.98. The molecule has 0 atom stereocenters. The van der Waals surface area contributed by atoms with Gasteiger partial charge in [-0.2, -0.15) is 0 Å². The van der Waals surface area contributed by atoms with Crippen LogP contribution in [0.3, 0.4) is 0 Å². The number of carbonyl (C=O) groups excluding carboxylic acids is 2. The summed E-state index contributed by atoms with van der Waals surface area (Å²) in [5.41, 5.74) is 5.46. The Hall–Kier alpha value is -3.06. The van der Waals surface area contributed by atoms with Gasteiger partial charge in [0.25, 0.3) is 5.91 Å². The number of furan rings is 1. The first-order valence-corrected chi connectivity index (χ1v) is 9.38. The number of benzene rings is 1. The molecule has 0 aliphatic rings. The Bertz CT molecular complexity index is 809. The molecule has 0 bridgehead atoms. The highest BCUT2D eigenvalue weighted by Gasteiger charge is 2.13. The molecular weight excluding hydrogens is 358 g/mol. The Labute approximate surface area is 165 Å². The number of nitrogens with zero attached hydrogens (tertiary/aromatic N) is 1. The van der Waals surface area contributed by atoms with Gasteiger partial charge in [-0.05, 0) is 44.3 Å². The van der Waals surface area contributed by atoms with Crippen molar-refractivity contribution >= 4 is 17.9 Å². The van der Waals surface area contributed by atoms with Crippen molar-refractivity contribution in [2.75, 3.05) is 19.7 Å². The number of nitrogens with one attached hydrogen (secondary N) is 2. The van der Waals surface area contributed by atoms with Gasteiger partial charge in [0.1, 0.15) is 11.5 Å². The van der Waals surface area contributed by atoms with Crippen molar-refractivity contribution in [3.05, 3.63) is 59.6 Å². The summed E-state index contributed by atoms with van der Waals surface area (Å²) in [4.78, 5) is 26.3. The van der Waals surface area contributed by atoms with Crippen LogP contribution in [0.5, 0.6) is 5.75 Å². The van der Waals surface area contributed by atoms with Gasteiger partial charge in [0.05, 0.1) is 13.2 Å². The number of carbonyl (C=O) groups is 2. The summed E-state index contributed by atoms with van der Waals surface area (Å²) in [6.07, 6.45) is 2.95. The number of ether oxygens (including phenoxy) is 1. The van der Waals surface area contributed by atoms with Crippen LogP contribution >= 0.6 is 0 Å². The predicted octanol–water partition coefficient (Wildman–Crippen LogP) is 2.99. The Balaban J connectivity index is 1.87. The van der Waals surface area contributed by atoms with Gasteiger partial charge in [-0.3, -0.25) is 25.3 Å². The van der Waals surface area contributed by atoms with Crippen molar-refractivity contribution < 1.29 is 18.7 Å². The van der Waals surface area contributed by atoms with E-state index in [1.54, 1.807) is 18.2 Å². The maximum atomic E-state index is 12.1. The lowest BCUT2D eigenvalue weighted by atomic mass is 10.2. The molecule has 2 aromatic rings. The second-order valence-corrected chi connectivity index (χ2v) is 5.97. The SMILES string of the molecule is CCOc1ccccc1/C=C/C(=O)NNC(=O)c1ccc(CN(CC)CC)o1. The molecule has 0 aliphatic heterocycles. The maximum absolute atomic E-state index is 12.1. The van der Waals surface area contributed by atoms with Crippen molar-refractivity contribution in [3.63, 3.8) is 0 Å². The van der Waals surface area contributed by atoms with E-state index in [1.165, 1.54) is 6.08 Å². The zero-order valence-electron chi connectivity index (χ0n) is 16.5. The number of para-hydroxylation sites is 1. The van der Waals surface area contributed by atoms with E-state index in [1.807, 2.05) is 31.2 Å². The molecule has 1 heterocycles. The van der Waals surface area contributed by atoms with Gasteiger partial charge < -0.3 is 9.15 Å². The average molecular weight is 385 g/mol. The summed E-state index contributed by atoms with van der Waals surface area (Å²) in [7, 11) is 0. The molecule has 7 heteroatoms. The first-order valence-electron chi connectivity index (χ1n) is 9.38. The lowest BCUT2D eigenvalue weighted by Crippen LogP contribution is -2.40. The third-order valence-electron chi connectivity index (χ3n) is 4.09. The van der Waals surface area contributed by atoms with Crippen LogP contribution in [-0.4, -0.2) is 36.4 Å². The molecule has 150 valence electrons.